The Balaban J connectivity index is 0.00000180. The Bertz CT molecular complexity index is 456. The van der Waals surface area contributed by atoms with Gasteiger partial charge in [-0.25, -0.2) is 4.39 Å². The average molecular weight is 307 g/mol. The van der Waals surface area contributed by atoms with Crippen LogP contribution in [0.3, 0.4) is 0 Å². The first-order valence-electron chi connectivity index (χ1n) is 6.07. The van der Waals surface area contributed by atoms with Gasteiger partial charge in [-0.3, -0.25) is 4.79 Å². The van der Waals surface area contributed by atoms with Crippen molar-refractivity contribution in [3.63, 3.8) is 0 Å². The van der Waals surface area contributed by atoms with E-state index in [9.17, 15) is 9.18 Å². The highest BCUT2D eigenvalue weighted by atomic mass is 35.5. The second-order valence-corrected chi connectivity index (χ2v) is 5.14. The highest BCUT2D eigenvalue weighted by Crippen LogP contribution is 2.27. The van der Waals surface area contributed by atoms with E-state index in [-0.39, 0.29) is 35.3 Å². The second-order valence-electron chi connectivity index (χ2n) is 4.74. The van der Waals surface area contributed by atoms with E-state index in [0.29, 0.717) is 12.1 Å². The van der Waals surface area contributed by atoms with Crippen LogP contribution < -0.4 is 11.1 Å². The van der Waals surface area contributed by atoms with Gasteiger partial charge < -0.3 is 11.1 Å². The predicted molar refractivity (Wildman–Crippen MR) is 77.2 cm³/mol. The van der Waals surface area contributed by atoms with Crippen molar-refractivity contribution in [1.82, 2.24) is 0 Å². The van der Waals surface area contributed by atoms with Crippen LogP contribution >= 0.6 is 24.0 Å². The van der Waals surface area contributed by atoms with Crippen LogP contribution in [-0.2, 0) is 4.79 Å². The van der Waals surface area contributed by atoms with Gasteiger partial charge in [0.15, 0.2) is 0 Å². The van der Waals surface area contributed by atoms with E-state index in [1.807, 2.05) is 0 Å². The molecule has 0 saturated heterocycles. The number of hydrogen-bond acceptors (Lipinski definition) is 2. The maximum atomic E-state index is 13.0. The molecule has 1 aromatic rings. The first-order chi connectivity index (χ1) is 8.56. The Labute approximate surface area is 123 Å². The molecule has 0 aromatic heterocycles. The zero-order valence-electron chi connectivity index (χ0n) is 10.4. The van der Waals surface area contributed by atoms with Crippen LogP contribution in [0.2, 0.25) is 5.02 Å². The van der Waals surface area contributed by atoms with E-state index < -0.39 is 5.82 Å². The molecule has 1 fully saturated rings. The molecule has 6 heteroatoms. The van der Waals surface area contributed by atoms with Crippen molar-refractivity contribution in [3.05, 3.63) is 29.0 Å². The maximum Gasteiger partial charge on any atom is 0.224 e. The lowest BCUT2D eigenvalue weighted by atomic mass is 10.00. The van der Waals surface area contributed by atoms with Crippen molar-refractivity contribution >= 4 is 35.6 Å². The van der Waals surface area contributed by atoms with Gasteiger partial charge >= 0.3 is 0 Å². The molecule has 3 N–H and O–H groups in total. The summed E-state index contributed by atoms with van der Waals surface area (Å²) in [5, 5.41) is 2.72. The SMILES string of the molecule is Cl.N[C@@H]1CCC[C@H]1CC(=O)Nc1ccc(F)c(Cl)c1. The van der Waals surface area contributed by atoms with Gasteiger partial charge in [0, 0.05) is 18.2 Å². The Hall–Kier alpha value is -0.840. The van der Waals surface area contributed by atoms with Crippen molar-refractivity contribution < 1.29 is 9.18 Å². The molecule has 1 aromatic carbocycles. The van der Waals surface area contributed by atoms with E-state index >= 15 is 0 Å². The van der Waals surface area contributed by atoms with E-state index in [1.165, 1.54) is 18.2 Å². The minimum atomic E-state index is -0.493. The van der Waals surface area contributed by atoms with E-state index in [1.54, 1.807) is 0 Å². The van der Waals surface area contributed by atoms with Gasteiger partial charge in [0.1, 0.15) is 5.82 Å². The normalized spacial score (nSPS) is 21.8. The molecule has 106 valence electrons. The largest absolute Gasteiger partial charge is 0.327 e. The summed E-state index contributed by atoms with van der Waals surface area (Å²) in [5.41, 5.74) is 6.43. The molecule has 0 heterocycles. The average Bonchev–Trinajstić information content (AvgIpc) is 2.70. The van der Waals surface area contributed by atoms with E-state index in [2.05, 4.69) is 5.32 Å². The van der Waals surface area contributed by atoms with E-state index in [4.69, 9.17) is 17.3 Å². The zero-order valence-corrected chi connectivity index (χ0v) is 11.9. The number of rotatable bonds is 3. The molecular formula is C13H17Cl2FN2O. The molecular weight excluding hydrogens is 290 g/mol. The number of carbonyl (C=O) groups excluding carboxylic acids is 1. The van der Waals surface area contributed by atoms with Crippen molar-refractivity contribution in [2.45, 2.75) is 31.7 Å². The Morgan fingerprint density at radius 2 is 2.21 bits per heavy atom. The highest BCUT2D eigenvalue weighted by Gasteiger charge is 2.26. The smallest absolute Gasteiger partial charge is 0.224 e. The predicted octanol–water partition coefficient (Wildman–Crippen LogP) is 3.36. The molecule has 1 aliphatic carbocycles. The summed E-state index contributed by atoms with van der Waals surface area (Å²) in [5.74, 6) is -0.339. The minimum Gasteiger partial charge on any atom is -0.327 e. The van der Waals surface area contributed by atoms with Crippen molar-refractivity contribution in [2.75, 3.05) is 5.32 Å². The molecule has 2 rings (SSSR count). The minimum absolute atomic E-state index is 0. The van der Waals surface area contributed by atoms with Gasteiger partial charge in [0.05, 0.1) is 5.02 Å². The summed E-state index contributed by atoms with van der Waals surface area (Å²) in [6.07, 6.45) is 3.48. The molecule has 1 saturated carbocycles. The maximum absolute atomic E-state index is 13.0. The third-order valence-electron chi connectivity index (χ3n) is 3.37. The van der Waals surface area contributed by atoms with Gasteiger partial charge in [0.25, 0.3) is 0 Å². The monoisotopic (exact) mass is 306 g/mol. The van der Waals surface area contributed by atoms with Gasteiger partial charge in [-0.05, 0) is 37.0 Å². The molecule has 19 heavy (non-hydrogen) atoms. The Morgan fingerprint density at radius 1 is 1.47 bits per heavy atom. The fourth-order valence-corrected chi connectivity index (χ4v) is 2.52. The van der Waals surface area contributed by atoms with Crippen LogP contribution in [0, 0.1) is 11.7 Å². The number of nitrogens with one attached hydrogen (secondary N) is 1. The summed E-state index contributed by atoms with van der Waals surface area (Å²) in [6, 6.07) is 4.25. The summed E-state index contributed by atoms with van der Waals surface area (Å²) in [6.45, 7) is 0. The molecule has 0 radical (unpaired) electrons. The van der Waals surface area contributed by atoms with Crippen LogP contribution in [0.15, 0.2) is 18.2 Å². The molecule has 0 unspecified atom stereocenters. The van der Waals surface area contributed by atoms with Crippen molar-refractivity contribution in [2.24, 2.45) is 11.7 Å². The topological polar surface area (TPSA) is 55.1 Å². The first-order valence-corrected chi connectivity index (χ1v) is 6.44. The highest BCUT2D eigenvalue weighted by molar-refractivity contribution is 6.31. The van der Waals surface area contributed by atoms with Crippen molar-refractivity contribution in [3.8, 4) is 0 Å². The number of amides is 1. The lowest BCUT2D eigenvalue weighted by Gasteiger charge is -2.14. The fraction of sp³-hybridized carbons (Fsp3) is 0.462. The number of benzene rings is 1. The van der Waals surface area contributed by atoms with Crippen LogP contribution in [0.1, 0.15) is 25.7 Å². The zero-order chi connectivity index (χ0) is 13.1. The van der Waals surface area contributed by atoms with Crippen molar-refractivity contribution in [1.29, 1.82) is 0 Å². The number of hydrogen-bond donors (Lipinski definition) is 2. The van der Waals surface area contributed by atoms with Gasteiger partial charge in [-0.15, -0.1) is 12.4 Å². The molecule has 0 bridgehead atoms. The van der Waals surface area contributed by atoms with Crippen LogP contribution in [0.4, 0.5) is 10.1 Å². The third-order valence-corrected chi connectivity index (χ3v) is 3.66. The van der Waals surface area contributed by atoms with Gasteiger partial charge in [0.2, 0.25) is 5.91 Å². The summed E-state index contributed by atoms with van der Waals surface area (Å²) >= 11 is 5.64. The molecule has 1 amide bonds. The summed E-state index contributed by atoms with van der Waals surface area (Å²) in [7, 11) is 0. The number of halogens is 3. The molecule has 0 aliphatic heterocycles. The Kier molecular flexibility index (Phi) is 6.04. The number of carbonyl (C=O) groups is 1. The fourth-order valence-electron chi connectivity index (χ4n) is 2.34. The summed E-state index contributed by atoms with van der Waals surface area (Å²) < 4.78 is 13.0. The lowest BCUT2D eigenvalue weighted by Crippen LogP contribution is -2.28. The Morgan fingerprint density at radius 3 is 2.79 bits per heavy atom. The lowest BCUT2D eigenvalue weighted by molar-refractivity contribution is -0.117. The summed E-state index contributed by atoms with van der Waals surface area (Å²) in [4.78, 5) is 11.8. The van der Waals surface area contributed by atoms with Crippen LogP contribution in [-0.4, -0.2) is 11.9 Å². The van der Waals surface area contributed by atoms with Gasteiger partial charge in [-0.2, -0.15) is 0 Å². The van der Waals surface area contributed by atoms with E-state index in [0.717, 1.165) is 19.3 Å². The standard InChI is InChI=1S/C13H16ClFN2O.ClH/c14-10-7-9(4-5-11(10)15)17-13(18)6-8-2-1-3-12(8)16;/h4-5,7-8,12H,1-3,6,16H2,(H,17,18);1H/t8-,12+;/m0./s1. The van der Waals surface area contributed by atoms with Crippen LogP contribution in [0.5, 0.6) is 0 Å². The molecule has 0 spiro atoms. The quantitative estimate of drug-likeness (QED) is 0.899. The number of nitrogens with two attached hydrogens (primary N) is 1. The van der Waals surface area contributed by atoms with Crippen LogP contribution in [0.25, 0.3) is 0 Å². The molecule has 1 aliphatic rings. The third kappa shape index (κ3) is 4.34. The number of anilines is 1. The second kappa shape index (κ2) is 7.08. The molecule has 2 atom stereocenters. The molecule has 3 nitrogen and oxygen atoms in total. The first kappa shape index (κ1) is 16.2. The van der Waals surface area contributed by atoms with Gasteiger partial charge in [-0.1, -0.05) is 18.0 Å².